The van der Waals surface area contributed by atoms with Crippen LogP contribution in [-0.2, 0) is 15.1 Å². The summed E-state index contributed by atoms with van der Waals surface area (Å²) in [5, 5.41) is 11.5. The molecule has 0 spiro atoms. The molecule has 0 aliphatic rings. The summed E-state index contributed by atoms with van der Waals surface area (Å²) in [5.74, 6) is -0.824. The first-order chi connectivity index (χ1) is 9.55. The highest BCUT2D eigenvalue weighted by Gasteiger charge is 2.24. The first kappa shape index (κ1) is 17.1. The molecule has 0 fully saturated rings. The fraction of sp³-hybridized carbons (Fsp3) is 0.500. The molecule has 1 aromatic rings. The molecule has 0 radical (unpaired) electrons. The Hall–Kier alpha value is -1.93. The summed E-state index contributed by atoms with van der Waals surface area (Å²) in [7, 11) is 0. The number of nitrogens with one attached hydrogen (secondary N) is 1. The lowest BCUT2D eigenvalue weighted by molar-refractivity contribution is -0.133. The van der Waals surface area contributed by atoms with Crippen molar-refractivity contribution in [3.05, 3.63) is 35.1 Å². The topological polar surface area (TPSA) is 62.1 Å². The summed E-state index contributed by atoms with van der Waals surface area (Å²) in [6.07, 6.45) is 0. The van der Waals surface area contributed by atoms with Gasteiger partial charge >= 0.3 is 0 Å². The Morgan fingerprint density at radius 1 is 1.33 bits per heavy atom. The number of nitriles is 1. The molecule has 21 heavy (non-hydrogen) atoms. The van der Waals surface area contributed by atoms with Gasteiger partial charge in [-0.15, -0.1) is 0 Å². The van der Waals surface area contributed by atoms with Gasteiger partial charge in [0.1, 0.15) is 18.5 Å². The zero-order chi connectivity index (χ0) is 16.3. The molecule has 0 unspecified atom stereocenters. The summed E-state index contributed by atoms with van der Waals surface area (Å²) in [4.78, 5) is 11.8. The van der Waals surface area contributed by atoms with Crippen LogP contribution in [0.4, 0.5) is 4.39 Å². The van der Waals surface area contributed by atoms with Gasteiger partial charge in [0.2, 0.25) is 5.91 Å². The lowest BCUT2D eigenvalue weighted by Gasteiger charge is -2.27. The van der Waals surface area contributed by atoms with Crippen LogP contribution in [0.25, 0.3) is 0 Å². The average Bonchev–Trinajstić information content (AvgIpc) is 2.34. The number of hydrogen-bond donors (Lipinski definition) is 1. The average molecular weight is 292 g/mol. The van der Waals surface area contributed by atoms with Crippen molar-refractivity contribution in [1.82, 2.24) is 5.32 Å². The van der Waals surface area contributed by atoms with Gasteiger partial charge in [0, 0.05) is 5.54 Å². The van der Waals surface area contributed by atoms with Crippen molar-refractivity contribution in [2.45, 2.75) is 45.8 Å². The molecule has 1 aromatic carbocycles. The van der Waals surface area contributed by atoms with E-state index in [1.807, 2.05) is 20.8 Å². The third-order valence-electron chi connectivity index (χ3n) is 2.86. The molecule has 4 nitrogen and oxygen atoms in total. The maximum absolute atomic E-state index is 13.6. The first-order valence-electron chi connectivity index (χ1n) is 6.70. The van der Waals surface area contributed by atoms with Crippen molar-refractivity contribution in [2.24, 2.45) is 0 Å². The van der Waals surface area contributed by atoms with Crippen LogP contribution in [0.15, 0.2) is 18.2 Å². The fourth-order valence-corrected chi connectivity index (χ4v) is 1.76. The number of hydrogen-bond acceptors (Lipinski definition) is 3. The lowest BCUT2D eigenvalue weighted by Crippen LogP contribution is -2.43. The summed E-state index contributed by atoms with van der Waals surface area (Å²) in [6, 6.07) is 6.07. The van der Waals surface area contributed by atoms with E-state index in [9.17, 15) is 9.18 Å². The van der Waals surface area contributed by atoms with Crippen molar-refractivity contribution in [3.63, 3.8) is 0 Å². The van der Waals surface area contributed by atoms with Gasteiger partial charge in [-0.05, 0) is 52.3 Å². The quantitative estimate of drug-likeness (QED) is 0.928. The standard InChI is InChI=1S/C16H21FN2O2/c1-15(2,3)19-14(20)10-21-16(4,5)12-7-6-11(9-18)13(17)8-12/h6-8H,10H2,1-5H3,(H,19,20). The molecule has 1 amide bonds. The number of halogens is 1. The zero-order valence-corrected chi connectivity index (χ0v) is 13.1. The van der Waals surface area contributed by atoms with E-state index in [0.717, 1.165) is 0 Å². The van der Waals surface area contributed by atoms with Crippen molar-refractivity contribution in [2.75, 3.05) is 6.61 Å². The highest BCUT2D eigenvalue weighted by Crippen LogP contribution is 2.26. The minimum Gasteiger partial charge on any atom is -0.361 e. The van der Waals surface area contributed by atoms with Gasteiger partial charge in [-0.1, -0.05) is 6.07 Å². The van der Waals surface area contributed by atoms with Crippen LogP contribution in [0.2, 0.25) is 0 Å². The molecule has 1 rings (SSSR count). The maximum Gasteiger partial charge on any atom is 0.246 e. The summed E-state index contributed by atoms with van der Waals surface area (Å²) in [6.45, 7) is 9.02. The minimum absolute atomic E-state index is 0.0139. The Morgan fingerprint density at radius 2 is 1.95 bits per heavy atom. The van der Waals surface area contributed by atoms with E-state index >= 15 is 0 Å². The SMILES string of the molecule is CC(C)(C)NC(=O)COC(C)(C)c1ccc(C#N)c(F)c1. The van der Waals surface area contributed by atoms with E-state index in [1.165, 1.54) is 12.1 Å². The molecular formula is C16H21FN2O2. The van der Waals surface area contributed by atoms with E-state index in [2.05, 4.69) is 5.32 Å². The van der Waals surface area contributed by atoms with Crippen molar-refractivity contribution < 1.29 is 13.9 Å². The van der Waals surface area contributed by atoms with E-state index in [4.69, 9.17) is 10.00 Å². The molecule has 0 heterocycles. The van der Waals surface area contributed by atoms with E-state index in [1.54, 1.807) is 26.0 Å². The second kappa shape index (κ2) is 6.23. The molecule has 0 aromatic heterocycles. The lowest BCUT2D eigenvalue weighted by atomic mass is 9.96. The molecule has 0 saturated carbocycles. The number of carbonyl (C=O) groups excluding carboxylic acids is 1. The molecule has 0 aliphatic heterocycles. The van der Waals surface area contributed by atoms with Gasteiger partial charge in [-0.25, -0.2) is 4.39 Å². The van der Waals surface area contributed by atoms with E-state index in [0.29, 0.717) is 5.56 Å². The van der Waals surface area contributed by atoms with Crippen LogP contribution in [-0.4, -0.2) is 18.1 Å². The normalized spacial score (nSPS) is 11.9. The van der Waals surface area contributed by atoms with Crippen LogP contribution in [0.1, 0.15) is 45.7 Å². The third kappa shape index (κ3) is 5.16. The van der Waals surface area contributed by atoms with Gasteiger partial charge < -0.3 is 10.1 Å². The summed E-state index contributed by atoms with van der Waals surface area (Å²) < 4.78 is 19.2. The second-order valence-corrected chi connectivity index (χ2v) is 6.40. The van der Waals surface area contributed by atoms with Crippen LogP contribution < -0.4 is 5.32 Å². The molecule has 5 heteroatoms. The number of ether oxygens (including phenoxy) is 1. The van der Waals surface area contributed by atoms with E-state index in [-0.39, 0.29) is 23.6 Å². The summed E-state index contributed by atoms with van der Waals surface area (Å²) >= 11 is 0. The van der Waals surface area contributed by atoms with Gasteiger partial charge in [-0.3, -0.25) is 4.79 Å². The Bertz CT molecular complexity index is 569. The van der Waals surface area contributed by atoms with Crippen molar-refractivity contribution >= 4 is 5.91 Å². The van der Waals surface area contributed by atoms with Crippen LogP contribution in [0.5, 0.6) is 0 Å². The number of benzene rings is 1. The Kier molecular flexibility index (Phi) is 5.08. The van der Waals surface area contributed by atoms with Gasteiger partial charge in [0.25, 0.3) is 0 Å². The van der Waals surface area contributed by atoms with Crippen LogP contribution >= 0.6 is 0 Å². The molecule has 0 saturated heterocycles. The molecule has 114 valence electrons. The number of carbonyl (C=O) groups is 1. The van der Waals surface area contributed by atoms with Crippen LogP contribution in [0, 0.1) is 17.1 Å². The Morgan fingerprint density at radius 3 is 2.43 bits per heavy atom. The zero-order valence-electron chi connectivity index (χ0n) is 13.1. The third-order valence-corrected chi connectivity index (χ3v) is 2.86. The number of amides is 1. The second-order valence-electron chi connectivity index (χ2n) is 6.40. The van der Waals surface area contributed by atoms with Gasteiger partial charge in [0.15, 0.2) is 0 Å². The number of rotatable bonds is 4. The highest BCUT2D eigenvalue weighted by atomic mass is 19.1. The van der Waals surface area contributed by atoms with Crippen LogP contribution in [0.3, 0.4) is 0 Å². The fourth-order valence-electron chi connectivity index (χ4n) is 1.76. The Labute approximate surface area is 124 Å². The van der Waals surface area contributed by atoms with Gasteiger partial charge in [-0.2, -0.15) is 5.26 Å². The monoisotopic (exact) mass is 292 g/mol. The highest BCUT2D eigenvalue weighted by molar-refractivity contribution is 5.77. The summed E-state index contributed by atoms with van der Waals surface area (Å²) in [5.41, 5.74) is -0.600. The van der Waals surface area contributed by atoms with Crippen molar-refractivity contribution in [1.29, 1.82) is 5.26 Å². The Balaban J connectivity index is 2.76. The molecular weight excluding hydrogens is 271 g/mol. The van der Waals surface area contributed by atoms with Crippen molar-refractivity contribution in [3.8, 4) is 6.07 Å². The molecule has 0 atom stereocenters. The first-order valence-corrected chi connectivity index (χ1v) is 6.70. The molecule has 0 aliphatic carbocycles. The minimum atomic E-state index is -0.829. The van der Waals surface area contributed by atoms with E-state index < -0.39 is 11.4 Å². The predicted octanol–water partition coefficient (Wildman–Crippen LogP) is 2.86. The molecule has 1 N–H and O–H groups in total. The largest absolute Gasteiger partial charge is 0.361 e. The molecule has 0 bridgehead atoms. The maximum atomic E-state index is 13.6. The van der Waals surface area contributed by atoms with Gasteiger partial charge in [0.05, 0.1) is 11.2 Å². The number of nitrogens with zero attached hydrogens (tertiary/aromatic N) is 1. The smallest absolute Gasteiger partial charge is 0.246 e. The predicted molar refractivity (Wildman–Crippen MR) is 78.0 cm³/mol.